The molecule has 7 nitrogen and oxygen atoms in total. The Hall–Kier alpha value is -2.94. The van der Waals surface area contributed by atoms with E-state index in [1.54, 1.807) is 17.0 Å². The van der Waals surface area contributed by atoms with Gasteiger partial charge >= 0.3 is 0 Å². The standard InChI is InChI=1S/C23H23N3O4S/c27-22(20-7-3-12-29-20)26(9-4-8-25-10-13-28-14-11-25)23-24-18(16-31-23)21-15-17-5-1-2-6-19(17)30-21/h1-3,5-7,12,15-16H,4,8-11,13-14H2. The predicted molar refractivity (Wildman–Crippen MR) is 120 cm³/mol. The van der Waals surface area contributed by atoms with Gasteiger partial charge in [-0.1, -0.05) is 18.2 Å². The van der Waals surface area contributed by atoms with Crippen molar-refractivity contribution in [3.8, 4) is 11.5 Å². The number of aromatic nitrogens is 1. The van der Waals surface area contributed by atoms with Crippen molar-refractivity contribution in [2.24, 2.45) is 0 Å². The maximum absolute atomic E-state index is 13.1. The van der Waals surface area contributed by atoms with Crippen LogP contribution in [0.4, 0.5) is 5.13 Å². The number of morpholine rings is 1. The van der Waals surface area contributed by atoms with Crippen molar-refractivity contribution in [3.63, 3.8) is 0 Å². The highest BCUT2D eigenvalue weighted by molar-refractivity contribution is 7.14. The van der Waals surface area contributed by atoms with Gasteiger partial charge in [0.1, 0.15) is 11.3 Å². The number of hydrogen-bond acceptors (Lipinski definition) is 7. The van der Waals surface area contributed by atoms with E-state index in [9.17, 15) is 4.79 Å². The van der Waals surface area contributed by atoms with E-state index in [1.807, 2.05) is 35.7 Å². The molecule has 0 aliphatic carbocycles. The Morgan fingerprint density at radius 1 is 1.16 bits per heavy atom. The Labute approximate surface area is 183 Å². The highest BCUT2D eigenvalue weighted by Gasteiger charge is 2.24. The third-order valence-corrected chi connectivity index (χ3v) is 6.20. The van der Waals surface area contributed by atoms with Gasteiger partial charge in [-0.3, -0.25) is 14.6 Å². The first-order chi connectivity index (χ1) is 15.3. The minimum Gasteiger partial charge on any atom is -0.459 e. The molecular formula is C23H23N3O4S. The molecule has 31 heavy (non-hydrogen) atoms. The van der Waals surface area contributed by atoms with Gasteiger partial charge in [-0.05, 0) is 30.7 Å². The van der Waals surface area contributed by atoms with Crippen LogP contribution in [0.2, 0.25) is 0 Å². The number of nitrogens with zero attached hydrogens (tertiary/aromatic N) is 3. The molecule has 8 heteroatoms. The Bertz CT molecular complexity index is 1110. The summed E-state index contributed by atoms with van der Waals surface area (Å²) in [5, 5.41) is 3.59. The van der Waals surface area contributed by atoms with Crippen LogP contribution in [0, 0.1) is 0 Å². The summed E-state index contributed by atoms with van der Waals surface area (Å²) in [6, 6.07) is 13.3. The lowest BCUT2D eigenvalue weighted by Crippen LogP contribution is -2.39. The van der Waals surface area contributed by atoms with E-state index in [-0.39, 0.29) is 5.91 Å². The average molecular weight is 438 g/mol. The molecule has 1 aromatic carbocycles. The summed E-state index contributed by atoms with van der Waals surface area (Å²) in [6.07, 6.45) is 2.35. The summed E-state index contributed by atoms with van der Waals surface area (Å²) < 4.78 is 16.7. The zero-order valence-electron chi connectivity index (χ0n) is 17.0. The van der Waals surface area contributed by atoms with Crippen LogP contribution in [0.1, 0.15) is 17.0 Å². The fraction of sp³-hybridized carbons (Fsp3) is 0.304. The molecule has 1 aliphatic rings. The number of thiazole rings is 1. The SMILES string of the molecule is O=C(c1ccco1)N(CCCN1CCOCC1)c1nc(-c2cc3ccccc3o2)cs1. The number of amides is 1. The summed E-state index contributed by atoms with van der Waals surface area (Å²) in [5.41, 5.74) is 1.54. The molecule has 0 spiro atoms. The third-order valence-electron chi connectivity index (χ3n) is 5.34. The van der Waals surface area contributed by atoms with Crippen LogP contribution in [0.25, 0.3) is 22.4 Å². The highest BCUT2D eigenvalue weighted by atomic mass is 32.1. The molecule has 0 bridgehead atoms. The summed E-state index contributed by atoms with van der Waals surface area (Å²) >= 11 is 1.43. The largest absolute Gasteiger partial charge is 0.459 e. The molecular weight excluding hydrogens is 414 g/mol. The van der Waals surface area contributed by atoms with Crippen molar-refractivity contribution in [1.82, 2.24) is 9.88 Å². The van der Waals surface area contributed by atoms with Crippen molar-refractivity contribution >= 4 is 33.3 Å². The summed E-state index contributed by atoms with van der Waals surface area (Å²) in [4.78, 5) is 21.9. The fourth-order valence-corrected chi connectivity index (χ4v) is 4.54. The molecule has 1 saturated heterocycles. The predicted octanol–water partition coefficient (Wildman–Crippen LogP) is 4.52. The first-order valence-electron chi connectivity index (χ1n) is 10.4. The number of ether oxygens (including phenoxy) is 1. The van der Waals surface area contributed by atoms with Gasteiger partial charge in [0.2, 0.25) is 0 Å². The van der Waals surface area contributed by atoms with Crippen LogP contribution in [0.5, 0.6) is 0 Å². The summed E-state index contributed by atoms with van der Waals surface area (Å²) in [6.45, 7) is 4.86. The quantitative estimate of drug-likeness (QED) is 0.423. The first-order valence-corrected chi connectivity index (χ1v) is 11.3. The van der Waals surface area contributed by atoms with E-state index in [1.165, 1.54) is 17.6 Å². The van der Waals surface area contributed by atoms with Gasteiger partial charge in [-0.25, -0.2) is 4.98 Å². The minimum atomic E-state index is -0.183. The van der Waals surface area contributed by atoms with Crippen LogP contribution in [0.15, 0.2) is 62.9 Å². The van der Waals surface area contributed by atoms with E-state index < -0.39 is 0 Å². The Kier molecular flexibility index (Phi) is 5.84. The van der Waals surface area contributed by atoms with E-state index in [4.69, 9.17) is 18.6 Å². The van der Waals surface area contributed by atoms with E-state index in [2.05, 4.69) is 4.90 Å². The van der Waals surface area contributed by atoms with E-state index >= 15 is 0 Å². The Balaban J connectivity index is 1.36. The zero-order chi connectivity index (χ0) is 21.0. The number of para-hydroxylation sites is 1. The highest BCUT2D eigenvalue weighted by Crippen LogP contribution is 2.32. The molecule has 160 valence electrons. The Morgan fingerprint density at radius 2 is 2.03 bits per heavy atom. The molecule has 1 amide bonds. The molecule has 0 radical (unpaired) electrons. The monoisotopic (exact) mass is 437 g/mol. The molecule has 0 saturated carbocycles. The van der Waals surface area contributed by atoms with Gasteiger partial charge in [-0.2, -0.15) is 0 Å². The lowest BCUT2D eigenvalue weighted by atomic mass is 10.2. The van der Waals surface area contributed by atoms with Gasteiger partial charge in [0.15, 0.2) is 16.7 Å². The van der Waals surface area contributed by atoms with Crippen molar-refractivity contribution in [1.29, 1.82) is 0 Å². The van der Waals surface area contributed by atoms with Crippen molar-refractivity contribution in [2.75, 3.05) is 44.3 Å². The van der Waals surface area contributed by atoms with Crippen LogP contribution in [-0.2, 0) is 4.74 Å². The van der Waals surface area contributed by atoms with E-state index in [0.717, 1.165) is 55.9 Å². The molecule has 0 unspecified atom stereocenters. The molecule has 1 fully saturated rings. The minimum absolute atomic E-state index is 0.183. The molecule has 0 atom stereocenters. The lowest BCUT2D eigenvalue weighted by Gasteiger charge is -2.27. The molecule has 4 aromatic rings. The van der Waals surface area contributed by atoms with Crippen molar-refractivity contribution in [2.45, 2.75) is 6.42 Å². The van der Waals surface area contributed by atoms with Gasteiger partial charge in [0.05, 0.1) is 19.5 Å². The van der Waals surface area contributed by atoms with Crippen molar-refractivity contribution in [3.05, 3.63) is 59.9 Å². The number of carbonyl (C=O) groups excluding carboxylic acids is 1. The summed E-state index contributed by atoms with van der Waals surface area (Å²) in [7, 11) is 0. The maximum atomic E-state index is 13.1. The molecule has 3 aromatic heterocycles. The number of fused-ring (bicyclic) bond motifs is 1. The number of furan rings is 2. The van der Waals surface area contributed by atoms with Crippen molar-refractivity contribution < 1.29 is 18.4 Å². The fourth-order valence-electron chi connectivity index (χ4n) is 3.70. The molecule has 0 N–H and O–H groups in total. The number of rotatable bonds is 7. The van der Waals surface area contributed by atoms with Crippen LogP contribution in [-0.4, -0.2) is 55.2 Å². The Morgan fingerprint density at radius 3 is 2.84 bits per heavy atom. The second kappa shape index (κ2) is 9.05. The topological polar surface area (TPSA) is 72.0 Å². The van der Waals surface area contributed by atoms with Gasteiger partial charge in [0, 0.05) is 36.9 Å². The molecule has 4 heterocycles. The van der Waals surface area contributed by atoms with Gasteiger partial charge in [-0.15, -0.1) is 11.3 Å². The second-order valence-corrected chi connectivity index (χ2v) is 8.24. The number of hydrogen-bond donors (Lipinski definition) is 0. The van der Waals surface area contributed by atoms with Crippen LogP contribution in [0.3, 0.4) is 0 Å². The molecule has 5 rings (SSSR count). The number of anilines is 1. The zero-order valence-corrected chi connectivity index (χ0v) is 17.8. The third kappa shape index (κ3) is 4.41. The van der Waals surface area contributed by atoms with Crippen LogP contribution < -0.4 is 4.90 Å². The normalized spacial score (nSPS) is 14.8. The van der Waals surface area contributed by atoms with E-state index in [0.29, 0.717) is 23.2 Å². The second-order valence-electron chi connectivity index (χ2n) is 7.41. The summed E-state index contributed by atoms with van der Waals surface area (Å²) in [5.74, 6) is 0.826. The van der Waals surface area contributed by atoms with Crippen LogP contribution >= 0.6 is 11.3 Å². The number of carbonyl (C=O) groups is 1. The number of benzene rings is 1. The smallest absolute Gasteiger partial charge is 0.295 e. The molecule has 1 aliphatic heterocycles. The average Bonchev–Trinajstić information content (AvgIpc) is 3.57. The maximum Gasteiger partial charge on any atom is 0.295 e. The van der Waals surface area contributed by atoms with Gasteiger partial charge in [0.25, 0.3) is 5.91 Å². The lowest BCUT2D eigenvalue weighted by molar-refractivity contribution is 0.0376. The first kappa shape index (κ1) is 20.0. The van der Waals surface area contributed by atoms with Gasteiger partial charge < -0.3 is 13.6 Å².